The summed E-state index contributed by atoms with van der Waals surface area (Å²) < 4.78 is 10.5. The van der Waals surface area contributed by atoms with Crippen LogP contribution in [0.5, 0.6) is 0 Å². The van der Waals surface area contributed by atoms with Crippen LogP contribution < -0.4 is 0 Å². The summed E-state index contributed by atoms with van der Waals surface area (Å²) in [5.74, 6) is -1.04. The van der Waals surface area contributed by atoms with E-state index in [0.29, 0.717) is 13.0 Å². The molecule has 0 N–H and O–H groups in total. The van der Waals surface area contributed by atoms with Gasteiger partial charge in [-0.25, -0.2) is 9.59 Å². The van der Waals surface area contributed by atoms with Crippen LogP contribution in [0.1, 0.15) is 51.6 Å². The van der Waals surface area contributed by atoms with Crippen LogP contribution in [-0.2, 0) is 15.9 Å². The minimum Gasteiger partial charge on any atom is -0.462 e. The van der Waals surface area contributed by atoms with Crippen LogP contribution in [0.25, 0.3) is 0 Å². The Bertz CT molecular complexity index is 750. The molecule has 0 bridgehead atoms. The number of hydrogen-bond donors (Lipinski definition) is 0. The van der Waals surface area contributed by atoms with Crippen molar-refractivity contribution in [1.82, 2.24) is 0 Å². The summed E-state index contributed by atoms with van der Waals surface area (Å²) in [5.41, 5.74) is 2.29. The average molecular weight is 352 g/mol. The zero-order valence-electron chi connectivity index (χ0n) is 15.1. The zero-order valence-corrected chi connectivity index (χ0v) is 15.1. The van der Waals surface area contributed by atoms with Crippen molar-refractivity contribution in [3.8, 4) is 0 Å². The van der Waals surface area contributed by atoms with Gasteiger partial charge in [0.25, 0.3) is 0 Å². The first-order valence-electron chi connectivity index (χ1n) is 8.78. The Morgan fingerprint density at radius 3 is 2.46 bits per heavy atom. The molecule has 0 aromatic heterocycles. The lowest BCUT2D eigenvalue weighted by Gasteiger charge is -2.14. The average Bonchev–Trinajstić information content (AvgIpc) is 2.66. The van der Waals surface area contributed by atoms with E-state index in [9.17, 15) is 9.59 Å². The van der Waals surface area contributed by atoms with Gasteiger partial charge in [-0.05, 0) is 30.0 Å². The van der Waals surface area contributed by atoms with Gasteiger partial charge >= 0.3 is 11.9 Å². The Balaban J connectivity index is 2.37. The molecule has 0 saturated carbocycles. The fraction of sp³-hybridized carbons (Fsp3) is 0.273. The second-order valence-electron chi connectivity index (χ2n) is 5.88. The van der Waals surface area contributed by atoms with Crippen LogP contribution in [0.15, 0.2) is 61.2 Å². The van der Waals surface area contributed by atoms with Crippen molar-refractivity contribution in [1.29, 1.82) is 0 Å². The van der Waals surface area contributed by atoms with E-state index < -0.39 is 11.9 Å². The van der Waals surface area contributed by atoms with Crippen LogP contribution in [0.3, 0.4) is 0 Å². The number of hydrogen-bond acceptors (Lipinski definition) is 4. The maximum atomic E-state index is 12.7. The number of carbonyl (C=O) groups excluding carboxylic acids is 2. The summed E-state index contributed by atoms with van der Waals surface area (Å²) in [5, 5.41) is 0. The lowest BCUT2D eigenvalue weighted by molar-refractivity contribution is 0.0470. The van der Waals surface area contributed by atoms with E-state index in [4.69, 9.17) is 9.47 Å². The predicted octanol–water partition coefficient (Wildman–Crippen LogP) is 4.58. The molecule has 0 heterocycles. The van der Waals surface area contributed by atoms with Gasteiger partial charge in [0.1, 0.15) is 6.61 Å². The molecule has 26 heavy (non-hydrogen) atoms. The Hall–Kier alpha value is -2.88. The highest BCUT2D eigenvalue weighted by atomic mass is 16.5. The fourth-order valence-corrected chi connectivity index (χ4v) is 2.57. The van der Waals surface area contributed by atoms with E-state index in [0.717, 1.165) is 24.0 Å². The highest BCUT2D eigenvalue weighted by Crippen LogP contribution is 2.21. The number of rotatable bonds is 9. The van der Waals surface area contributed by atoms with Crippen molar-refractivity contribution >= 4 is 11.9 Å². The summed E-state index contributed by atoms with van der Waals surface area (Å²) in [7, 11) is 0. The number of benzene rings is 2. The molecule has 0 aliphatic rings. The number of ether oxygens (including phenoxy) is 2. The first kappa shape index (κ1) is 19.4. The van der Waals surface area contributed by atoms with Gasteiger partial charge in [0.15, 0.2) is 0 Å². The molecule has 4 heteroatoms. The molecule has 0 atom stereocenters. The molecule has 2 rings (SSSR count). The Morgan fingerprint density at radius 2 is 1.77 bits per heavy atom. The first-order chi connectivity index (χ1) is 12.7. The van der Waals surface area contributed by atoms with Gasteiger partial charge in [0.05, 0.1) is 17.7 Å². The van der Waals surface area contributed by atoms with Gasteiger partial charge in [-0.1, -0.05) is 68.5 Å². The van der Waals surface area contributed by atoms with Crippen molar-refractivity contribution in [2.45, 2.75) is 26.2 Å². The van der Waals surface area contributed by atoms with E-state index in [2.05, 4.69) is 6.58 Å². The number of esters is 2. The molecule has 0 aliphatic carbocycles. The molecule has 136 valence electrons. The van der Waals surface area contributed by atoms with E-state index in [1.807, 2.05) is 43.3 Å². The second-order valence-corrected chi connectivity index (χ2v) is 5.88. The van der Waals surface area contributed by atoms with Crippen molar-refractivity contribution in [3.63, 3.8) is 0 Å². The molecule has 0 unspecified atom stereocenters. The number of unbranched alkanes of at least 4 members (excludes halogenated alkanes) is 1. The zero-order chi connectivity index (χ0) is 18.8. The van der Waals surface area contributed by atoms with Crippen LogP contribution in [0, 0.1) is 0 Å². The molecular formula is C22H24O4. The molecule has 4 nitrogen and oxygen atoms in total. The van der Waals surface area contributed by atoms with Gasteiger partial charge < -0.3 is 9.47 Å². The van der Waals surface area contributed by atoms with E-state index in [-0.39, 0.29) is 17.7 Å². The lowest BCUT2D eigenvalue weighted by atomic mass is 9.95. The first-order valence-corrected chi connectivity index (χ1v) is 8.78. The van der Waals surface area contributed by atoms with Gasteiger partial charge in [0, 0.05) is 0 Å². The van der Waals surface area contributed by atoms with Crippen molar-refractivity contribution in [2.24, 2.45) is 0 Å². The van der Waals surface area contributed by atoms with Crippen molar-refractivity contribution in [3.05, 3.63) is 83.4 Å². The minimum atomic E-state index is -0.553. The van der Waals surface area contributed by atoms with Crippen LogP contribution in [0.2, 0.25) is 0 Å². The van der Waals surface area contributed by atoms with E-state index >= 15 is 0 Å². The third-order valence-corrected chi connectivity index (χ3v) is 3.88. The van der Waals surface area contributed by atoms with Crippen LogP contribution in [0.4, 0.5) is 0 Å². The van der Waals surface area contributed by atoms with Gasteiger partial charge in [-0.2, -0.15) is 0 Å². The molecule has 0 aliphatic heterocycles. The summed E-state index contributed by atoms with van der Waals surface area (Å²) in [6.07, 6.45) is 3.72. The van der Waals surface area contributed by atoms with Gasteiger partial charge in [-0.15, -0.1) is 0 Å². The summed E-state index contributed by atoms with van der Waals surface area (Å²) in [6.45, 7) is 5.98. The molecule has 0 saturated heterocycles. The van der Waals surface area contributed by atoms with Crippen LogP contribution >= 0.6 is 0 Å². The summed E-state index contributed by atoms with van der Waals surface area (Å²) in [6, 6.07) is 15.0. The predicted molar refractivity (Wildman–Crippen MR) is 101 cm³/mol. The van der Waals surface area contributed by atoms with Gasteiger partial charge in [0.2, 0.25) is 0 Å². The Labute approximate surface area is 154 Å². The fourth-order valence-electron chi connectivity index (χ4n) is 2.57. The lowest BCUT2D eigenvalue weighted by Crippen LogP contribution is -2.17. The monoisotopic (exact) mass is 352 g/mol. The van der Waals surface area contributed by atoms with E-state index in [1.165, 1.54) is 6.08 Å². The standard InChI is InChI=1S/C22H24O4/c1-3-5-15-26-22(24)20-18(16-17-10-7-6-8-11-17)12-9-13-19(20)21(23)25-14-4-2/h4,6-13H,2-3,5,14-16H2,1H3. The third-order valence-electron chi connectivity index (χ3n) is 3.88. The summed E-state index contributed by atoms with van der Waals surface area (Å²) >= 11 is 0. The molecule has 2 aromatic carbocycles. The maximum absolute atomic E-state index is 12.7. The smallest absolute Gasteiger partial charge is 0.339 e. The third kappa shape index (κ3) is 5.31. The Kier molecular flexibility index (Phi) is 7.62. The highest BCUT2D eigenvalue weighted by molar-refractivity contribution is 6.04. The normalized spacial score (nSPS) is 10.2. The summed E-state index contributed by atoms with van der Waals surface area (Å²) in [4.78, 5) is 25.1. The molecule has 0 spiro atoms. The molecule has 2 aromatic rings. The molecule has 0 amide bonds. The quantitative estimate of drug-likeness (QED) is 0.377. The van der Waals surface area contributed by atoms with Gasteiger partial charge in [-0.3, -0.25) is 0 Å². The Morgan fingerprint density at radius 1 is 1.00 bits per heavy atom. The number of carbonyl (C=O) groups is 2. The largest absolute Gasteiger partial charge is 0.462 e. The van der Waals surface area contributed by atoms with Crippen molar-refractivity contribution in [2.75, 3.05) is 13.2 Å². The molecule has 0 fully saturated rings. The topological polar surface area (TPSA) is 52.6 Å². The van der Waals surface area contributed by atoms with E-state index in [1.54, 1.807) is 12.1 Å². The molecular weight excluding hydrogens is 328 g/mol. The minimum absolute atomic E-state index is 0.0894. The second kappa shape index (κ2) is 10.2. The molecule has 0 radical (unpaired) electrons. The SMILES string of the molecule is C=CCOC(=O)c1cccc(Cc2ccccc2)c1C(=O)OCCCC. The highest BCUT2D eigenvalue weighted by Gasteiger charge is 2.23. The van der Waals surface area contributed by atoms with Crippen LogP contribution in [-0.4, -0.2) is 25.2 Å². The van der Waals surface area contributed by atoms with Crippen molar-refractivity contribution < 1.29 is 19.1 Å². The maximum Gasteiger partial charge on any atom is 0.339 e.